The molecule has 94 heavy (non-hydrogen) atoms. The van der Waals surface area contributed by atoms with Crippen LogP contribution in [-0.4, -0.2) is 315 Å². The summed E-state index contributed by atoms with van der Waals surface area (Å²) in [5.74, 6) is -2.09. The van der Waals surface area contributed by atoms with Gasteiger partial charge in [0.15, 0.2) is 37.6 Å². The fraction of sp³-hybridized carbons (Fsp3) is 0.952. The Hall–Kier alpha value is -1.95. The highest BCUT2D eigenvalue weighted by Crippen LogP contribution is 2.77. The van der Waals surface area contributed by atoms with E-state index >= 15 is 4.79 Å². The Balaban J connectivity index is 0.836. The average molecular weight is 1360 g/mol. The van der Waals surface area contributed by atoms with Crippen LogP contribution in [0.2, 0.25) is 0 Å². The van der Waals surface area contributed by atoms with E-state index in [0.29, 0.717) is 25.7 Å². The molecule has 0 aromatic heterocycles. The van der Waals surface area contributed by atoms with Crippen molar-refractivity contribution in [3.63, 3.8) is 0 Å². The van der Waals surface area contributed by atoms with Gasteiger partial charge < -0.3 is 149 Å². The van der Waals surface area contributed by atoms with Crippen molar-refractivity contribution in [3.05, 3.63) is 11.6 Å². The highest BCUT2D eigenvalue weighted by atomic mass is 16.8. The van der Waals surface area contributed by atoms with Crippen LogP contribution < -0.4 is 0 Å². The van der Waals surface area contributed by atoms with Crippen molar-refractivity contribution in [2.45, 2.75) is 298 Å². The molecule has 4 saturated carbocycles. The van der Waals surface area contributed by atoms with Gasteiger partial charge in [0.1, 0.15) is 110 Å². The molecule has 0 amide bonds. The van der Waals surface area contributed by atoms with Gasteiger partial charge in [-0.15, -0.1) is 0 Å². The van der Waals surface area contributed by atoms with E-state index in [1.807, 2.05) is 6.92 Å². The lowest BCUT2D eigenvalue weighted by atomic mass is 9.33. The topological polar surface area (TPSA) is 492 Å². The maximum absolute atomic E-state index is 15.6. The number of rotatable bonds is 14. The molecule has 0 aromatic carbocycles. The fourth-order valence-corrected chi connectivity index (χ4v) is 19.2. The van der Waals surface area contributed by atoms with Gasteiger partial charge in [-0.05, 0) is 99.2 Å². The van der Waals surface area contributed by atoms with Crippen molar-refractivity contribution in [1.29, 1.82) is 0 Å². The molecule has 6 heterocycles. The van der Waals surface area contributed by atoms with Gasteiger partial charge in [-0.25, -0.2) is 0 Å². The number of aliphatic hydroxyl groups excluding tert-OH is 18. The molecule has 6 saturated heterocycles. The van der Waals surface area contributed by atoms with Crippen LogP contribution in [0.5, 0.6) is 0 Å². The van der Waals surface area contributed by atoms with Gasteiger partial charge in [0.2, 0.25) is 6.29 Å². The van der Waals surface area contributed by atoms with Gasteiger partial charge >= 0.3 is 5.97 Å². The molecule has 0 radical (unpaired) electrons. The van der Waals surface area contributed by atoms with Crippen molar-refractivity contribution in [2.75, 3.05) is 26.4 Å². The first-order chi connectivity index (χ1) is 43.9. The van der Waals surface area contributed by atoms with Crippen LogP contribution in [0.15, 0.2) is 11.6 Å². The molecule has 31 heteroatoms. The average Bonchev–Trinajstić information content (AvgIpc) is 0.992. The van der Waals surface area contributed by atoms with Crippen molar-refractivity contribution < 1.29 is 154 Å². The van der Waals surface area contributed by atoms with Gasteiger partial charge in [0.25, 0.3) is 0 Å². The van der Waals surface area contributed by atoms with E-state index in [-0.39, 0.29) is 25.2 Å². The van der Waals surface area contributed by atoms with Crippen LogP contribution in [0.25, 0.3) is 0 Å². The predicted octanol–water partition coefficient (Wildman–Crippen LogP) is -5.50. The molecule has 39 atom stereocenters. The number of allylic oxidation sites excluding steroid dienone is 2. The minimum absolute atomic E-state index is 0.0761. The van der Waals surface area contributed by atoms with Gasteiger partial charge in [-0.3, -0.25) is 4.79 Å². The molecule has 33 unspecified atom stereocenters. The summed E-state index contributed by atoms with van der Waals surface area (Å²) in [4.78, 5) is 15.6. The maximum Gasteiger partial charge on any atom is 0.315 e. The molecule has 11 rings (SSSR count). The molecular formula is C63H102O31. The second-order valence-electron chi connectivity index (χ2n) is 30.8. The summed E-state index contributed by atoms with van der Waals surface area (Å²) >= 11 is 0. The molecule has 5 aliphatic carbocycles. The first-order valence-corrected chi connectivity index (χ1v) is 33.1. The van der Waals surface area contributed by atoms with Crippen LogP contribution in [0.3, 0.4) is 0 Å². The molecule has 18 N–H and O–H groups in total. The van der Waals surface area contributed by atoms with E-state index in [2.05, 4.69) is 33.8 Å². The Morgan fingerprint density at radius 1 is 0.500 bits per heavy atom. The number of esters is 1. The molecule has 31 nitrogen and oxygen atoms in total. The monoisotopic (exact) mass is 1350 g/mol. The summed E-state index contributed by atoms with van der Waals surface area (Å²) in [7, 11) is 0. The molecule has 10 fully saturated rings. The van der Waals surface area contributed by atoms with Gasteiger partial charge in [0.05, 0.1) is 68.5 Å². The molecule has 6 aliphatic heterocycles. The molecule has 540 valence electrons. The van der Waals surface area contributed by atoms with Crippen molar-refractivity contribution >= 4 is 5.97 Å². The second-order valence-corrected chi connectivity index (χ2v) is 30.8. The summed E-state index contributed by atoms with van der Waals surface area (Å²) in [5.41, 5.74) is -4.32. The second kappa shape index (κ2) is 26.8. The Kier molecular flexibility index (Phi) is 20.9. The first kappa shape index (κ1) is 73.3. The summed E-state index contributed by atoms with van der Waals surface area (Å²) < 4.78 is 72.3. The fourth-order valence-electron chi connectivity index (χ4n) is 19.2. The third-order valence-corrected chi connectivity index (χ3v) is 24.3. The van der Waals surface area contributed by atoms with Crippen LogP contribution in [0.1, 0.15) is 107 Å². The number of carbonyl (C=O) groups is 1. The lowest BCUT2D eigenvalue weighted by molar-refractivity contribution is -0.395. The zero-order valence-corrected chi connectivity index (χ0v) is 54.3. The van der Waals surface area contributed by atoms with Crippen LogP contribution in [0.4, 0.5) is 0 Å². The number of ether oxygens (including phenoxy) is 12. The van der Waals surface area contributed by atoms with Crippen LogP contribution >= 0.6 is 0 Å². The predicted molar refractivity (Wildman–Crippen MR) is 311 cm³/mol. The van der Waals surface area contributed by atoms with E-state index in [1.54, 1.807) is 6.92 Å². The largest absolute Gasteiger partial charge is 0.432 e. The Bertz CT molecular complexity index is 2680. The lowest BCUT2D eigenvalue weighted by Gasteiger charge is -2.72. The SMILES string of the molecule is CC1OC(OC2C(O)COC(OC3C(C)OC(OC4C(OC(=O)C56CC[C@]7(C)C(=CCC8C7(C)C[C@@H](O)C7[C@]8(C)C[C@H](O)[C@H](OC8OC(CO)C(O)C(O)C8O)[C@@]7(C)CO)C5CC(C)(C)C6)OCC(O)C4O)C(O)C3OC3OC(C)C(O)C(O)C3O)C2O)C(O)C(O)C1O. The van der Waals surface area contributed by atoms with Crippen LogP contribution in [0, 0.1) is 50.2 Å². The lowest BCUT2D eigenvalue weighted by Crippen LogP contribution is -2.72. The molecule has 11 aliphatic rings. The smallest absolute Gasteiger partial charge is 0.315 e. The minimum Gasteiger partial charge on any atom is -0.432 e. The summed E-state index contributed by atoms with van der Waals surface area (Å²) in [5, 5.41) is 200. The minimum atomic E-state index is -2.08. The van der Waals surface area contributed by atoms with Crippen LogP contribution in [-0.2, 0) is 61.6 Å². The van der Waals surface area contributed by atoms with E-state index in [4.69, 9.17) is 56.8 Å². The summed E-state index contributed by atoms with van der Waals surface area (Å²) in [6.45, 7) is 13.9. The molecule has 0 aromatic rings. The number of aliphatic hydroxyl groups is 18. The maximum atomic E-state index is 15.6. The number of carbonyl (C=O) groups excluding carboxylic acids is 1. The Morgan fingerprint density at radius 3 is 1.63 bits per heavy atom. The number of fused-ring (bicyclic) bond motifs is 7. The van der Waals surface area contributed by atoms with Crippen molar-refractivity contribution in [1.82, 2.24) is 0 Å². The Morgan fingerprint density at radius 2 is 1.02 bits per heavy atom. The standard InChI is InChI=1S/C63H102O31/c1-22-33(70)37(74)40(77)52(85-22)90-46-30(69)19-83-51(43(46)80)89-45-24(3)87-55(44(81)47(45)91-53-41(78)38(75)34(71)23(2)86-53)92-48-35(72)29(68)18-84-56(48)94-57(82)63-13-12-61(8)25(26(63)14-58(4,5)20-63)10-11-32-59(6)15-28(67)50(60(7,21-65)49(59)27(66)16-62(32,61)9)93-54-42(79)39(76)36(73)31(17-64)88-54/h10,22-24,26-56,64-81H,11-21H2,1-9H3/t22?,23?,24?,26?,27-,28+,29?,30?,31?,32?,33?,34?,35?,36?,37?,38?,39?,40?,41?,42?,43?,44?,45?,46?,47?,48?,49?,50+,51?,52?,53?,54?,55?,56?,59-,60+,61-,62?,63?/m1/s1. The third kappa shape index (κ3) is 12.1. The van der Waals surface area contributed by atoms with E-state index in [0.717, 1.165) is 5.57 Å². The zero-order chi connectivity index (χ0) is 68.8. The molecule has 0 spiro atoms. The van der Waals surface area contributed by atoms with E-state index < -0.39 is 267 Å². The highest BCUT2D eigenvalue weighted by molar-refractivity contribution is 5.79. The van der Waals surface area contributed by atoms with Crippen molar-refractivity contribution in [2.24, 2.45) is 50.2 Å². The first-order valence-electron chi connectivity index (χ1n) is 33.1. The summed E-state index contributed by atoms with van der Waals surface area (Å²) in [6.07, 6.45) is -46.2. The van der Waals surface area contributed by atoms with Gasteiger partial charge in [-0.2, -0.15) is 0 Å². The van der Waals surface area contributed by atoms with Crippen molar-refractivity contribution in [3.8, 4) is 0 Å². The van der Waals surface area contributed by atoms with E-state index in [9.17, 15) is 91.9 Å². The summed E-state index contributed by atoms with van der Waals surface area (Å²) in [6, 6.07) is 0. The number of hydrogen-bond donors (Lipinski definition) is 18. The normalized spacial score (nSPS) is 56.7. The van der Waals surface area contributed by atoms with E-state index in [1.165, 1.54) is 20.8 Å². The molecule has 0 bridgehead atoms. The molecular weight excluding hydrogens is 1250 g/mol. The highest BCUT2D eigenvalue weighted by Gasteiger charge is 2.74. The van der Waals surface area contributed by atoms with Gasteiger partial charge in [-0.1, -0.05) is 53.2 Å². The third-order valence-electron chi connectivity index (χ3n) is 24.3. The quantitative estimate of drug-likeness (QED) is 0.0438. The zero-order valence-electron chi connectivity index (χ0n) is 54.3. The Labute approximate surface area is 543 Å². The van der Waals surface area contributed by atoms with Gasteiger partial charge in [0, 0.05) is 11.3 Å². The number of hydrogen-bond acceptors (Lipinski definition) is 31.